The highest BCUT2D eigenvalue weighted by atomic mass is 33.1. The molecular formula is C9H20N2OS2. The van der Waals surface area contributed by atoms with Crippen LogP contribution in [0.2, 0.25) is 0 Å². The maximum Gasteiger partial charge on any atom is 0.146 e. The van der Waals surface area contributed by atoms with E-state index in [0.29, 0.717) is 11.8 Å². The quantitative estimate of drug-likeness (QED) is 0.622. The lowest BCUT2D eigenvalue weighted by molar-refractivity contribution is -0.119. The minimum absolute atomic E-state index is 0.00786. The van der Waals surface area contributed by atoms with Crippen molar-refractivity contribution in [1.82, 2.24) is 5.32 Å². The van der Waals surface area contributed by atoms with Crippen LogP contribution in [0.25, 0.3) is 0 Å². The molecule has 1 unspecified atom stereocenters. The first-order valence-electron chi connectivity index (χ1n) is 4.73. The summed E-state index contributed by atoms with van der Waals surface area (Å²) < 4.78 is 0. The summed E-state index contributed by atoms with van der Waals surface area (Å²) in [5, 5.41) is 3.48. The Morgan fingerprint density at radius 1 is 1.50 bits per heavy atom. The van der Waals surface area contributed by atoms with Crippen molar-refractivity contribution in [3.63, 3.8) is 0 Å². The second kappa shape index (κ2) is 8.59. The van der Waals surface area contributed by atoms with E-state index in [2.05, 4.69) is 5.32 Å². The molecule has 0 aliphatic carbocycles. The van der Waals surface area contributed by atoms with Gasteiger partial charge in [-0.3, -0.25) is 4.79 Å². The average Bonchev–Trinajstić information content (AvgIpc) is 2.16. The average molecular weight is 236 g/mol. The van der Waals surface area contributed by atoms with E-state index >= 15 is 0 Å². The lowest BCUT2D eigenvalue weighted by Gasteiger charge is -2.16. The molecule has 0 aliphatic rings. The highest BCUT2D eigenvalue weighted by Gasteiger charge is 2.14. The van der Waals surface area contributed by atoms with Gasteiger partial charge in [-0.25, -0.2) is 0 Å². The van der Waals surface area contributed by atoms with Crippen molar-refractivity contribution in [1.29, 1.82) is 0 Å². The summed E-state index contributed by atoms with van der Waals surface area (Å²) in [4.78, 5) is 11.1. The molecule has 0 aromatic rings. The van der Waals surface area contributed by atoms with Gasteiger partial charge in [-0.1, -0.05) is 21.6 Å². The predicted molar refractivity (Wildman–Crippen MR) is 66.7 cm³/mol. The van der Waals surface area contributed by atoms with Gasteiger partial charge < -0.3 is 11.1 Å². The fraction of sp³-hybridized carbons (Fsp3) is 0.889. The molecule has 0 radical (unpaired) electrons. The summed E-state index contributed by atoms with van der Waals surface area (Å²) >= 11 is 0. The Hall–Kier alpha value is 0.290. The van der Waals surface area contributed by atoms with Crippen LogP contribution < -0.4 is 11.1 Å². The summed E-state index contributed by atoms with van der Waals surface area (Å²) in [6.45, 7) is 2.31. The fourth-order valence-corrected chi connectivity index (χ4v) is 3.17. The first-order valence-corrected chi connectivity index (χ1v) is 7.35. The topological polar surface area (TPSA) is 55.1 Å². The Labute approximate surface area is 94.4 Å². The van der Waals surface area contributed by atoms with Crippen molar-refractivity contribution in [2.75, 3.05) is 19.8 Å². The van der Waals surface area contributed by atoms with Gasteiger partial charge in [0, 0.05) is 11.8 Å². The molecule has 84 valence electrons. The number of Topliss-reactive ketones (excluding diaryl/α,β-unsaturated/α-hetero) is 1. The Balaban J connectivity index is 3.81. The van der Waals surface area contributed by atoms with Crippen molar-refractivity contribution in [2.45, 2.75) is 31.1 Å². The van der Waals surface area contributed by atoms with Gasteiger partial charge in [-0.2, -0.15) is 0 Å². The number of carbonyl (C=O) groups excluding carboxylic acids is 1. The number of likely N-dealkylation sites (N-methyl/N-ethyl adjacent to an activating group) is 1. The SMILES string of the molecule is CN[C@@H](CCC(CN)SSC)C(C)=O. The monoisotopic (exact) mass is 236 g/mol. The molecular weight excluding hydrogens is 216 g/mol. The third kappa shape index (κ3) is 5.90. The number of carbonyl (C=O) groups is 1. The molecule has 0 fully saturated rings. The Morgan fingerprint density at radius 3 is 2.50 bits per heavy atom. The molecule has 5 heteroatoms. The summed E-state index contributed by atoms with van der Waals surface area (Å²) in [7, 11) is 5.35. The molecule has 0 bridgehead atoms. The number of ketones is 1. The Morgan fingerprint density at radius 2 is 2.14 bits per heavy atom. The van der Waals surface area contributed by atoms with Crippen LogP contribution in [0, 0.1) is 0 Å². The highest BCUT2D eigenvalue weighted by Crippen LogP contribution is 2.26. The van der Waals surface area contributed by atoms with E-state index in [1.807, 2.05) is 13.3 Å². The number of hydrogen-bond donors (Lipinski definition) is 2. The molecule has 0 spiro atoms. The van der Waals surface area contributed by atoms with Gasteiger partial charge in [-0.05, 0) is 33.1 Å². The van der Waals surface area contributed by atoms with Crippen LogP contribution in [0.15, 0.2) is 0 Å². The predicted octanol–water partition coefficient (Wildman–Crippen LogP) is 1.28. The zero-order valence-electron chi connectivity index (χ0n) is 9.08. The second-order valence-corrected chi connectivity index (χ2v) is 5.92. The zero-order valence-corrected chi connectivity index (χ0v) is 10.7. The minimum atomic E-state index is -0.00786. The van der Waals surface area contributed by atoms with Crippen molar-refractivity contribution in [3.8, 4) is 0 Å². The third-order valence-electron chi connectivity index (χ3n) is 2.11. The molecule has 2 atom stereocenters. The summed E-state index contributed by atoms with van der Waals surface area (Å²) in [5.74, 6) is 0.206. The van der Waals surface area contributed by atoms with E-state index in [9.17, 15) is 4.79 Å². The first-order chi connectivity index (χ1) is 6.65. The van der Waals surface area contributed by atoms with Crippen LogP contribution in [0.3, 0.4) is 0 Å². The third-order valence-corrected chi connectivity index (χ3v) is 4.40. The normalized spacial score (nSPS) is 15.1. The standard InChI is InChI=1S/C9H20N2OS2/c1-7(12)9(11-2)5-4-8(6-10)14-13-3/h8-9,11H,4-6,10H2,1-3H3/t8?,9-/m0/s1. The van der Waals surface area contributed by atoms with Crippen LogP contribution in [0.4, 0.5) is 0 Å². The van der Waals surface area contributed by atoms with E-state index in [1.165, 1.54) is 0 Å². The molecule has 0 heterocycles. The molecule has 0 saturated heterocycles. The fourth-order valence-electron chi connectivity index (χ4n) is 1.24. The Kier molecular flexibility index (Phi) is 8.76. The lowest BCUT2D eigenvalue weighted by atomic mass is 10.1. The van der Waals surface area contributed by atoms with E-state index in [0.717, 1.165) is 12.8 Å². The smallest absolute Gasteiger partial charge is 0.146 e. The molecule has 3 N–H and O–H groups in total. The van der Waals surface area contributed by atoms with Crippen LogP contribution in [-0.4, -0.2) is 36.9 Å². The van der Waals surface area contributed by atoms with Crippen LogP contribution in [-0.2, 0) is 4.79 Å². The maximum atomic E-state index is 11.1. The van der Waals surface area contributed by atoms with Gasteiger partial charge in [0.05, 0.1) is 6.04 Å². The van der Waals surface area contributed by atoms with Crippen molar-refractivity contribution in [3.05, 3.63) is 0 Å². The molecule has 0 amide bonds. The highest BCUT2D eigenvalue weighted by molar-refractivity contribution is 8.76. The van der Waals surface area contributed by atoms with Crippen molar-refractivity contribution >= 4 is 27.4 Å². The number of hydrogen-bond acceptors (Lipinski definition) is 5. The van der Waals surface area contributed by atoms with Gasteiger partial charge >= 0.3 is 0 Å². The molecule has 0 saturated carbocycles. The van der Waals surface area contributed by atoms with Crippen molar-refractivity contribution < 1.29 is 4.79 Å². The molecule has 0 aromatic carbocycles. The van der Waals surface area contributed by atoms with E-state index < -0.39 is 0 Å². The van der Waals surface area contributed by atoms with Gasteiger partial charge in [-0.15, -0.1) is 0 Å². The van der Waals surface area contributed by atoms with Crippen LogP contribution >= 0.6 is 21.6 Å². The molecule has 0 aliphatic heterocycles. The van der Waals surface area contributed by atoms with E-state index in [-0.39, 0.29) is 11.8 Å². The Bertz CT molecular complexity index is 167. The number of rotatable bonds is 8. The van der Waals surface area contributed by atoms with Gasteiger partial charge in [0.1, 0.15) is 5.78 Å². The van der Waals surface area contributed by atoms with E-state index in [1.54, 1.807) is 28.5 Å². The van der Waals surface area contributed by atoms with Gasteiger partial charge in [0.2, 0.25) is 0 Å². The largest absolute Gasteiger partial charge is 0.329 e. The summed E-state index contributed by atoms with van der Waals surface area (Å²) in [5.41, 5.74) is 5.62. The maximum absolute atomic E-state index is 11.1. The van der Waals surface area contributed by atoms with Crippen LogP contribution in [0.5, 0.6) is 0 Å². The summed E-state index contributed by atoms with van der Waals surface area (Å²) in [6, 6.07) is -0.00786. The molecule has 0 aromatic heterocycles. The summed E-state index contributed by atoms with van der Waals surface area (Å²) in [6.07, 6.45) is 3.92. The lowest BCUT2D eigenvalue weighted by Crippen LogP contribution is -2.33. The first kappa shape index (κ1) is 14.3. The molecule has 3 nitrogen and oxygen atoms in total. The van der Waals surface area contributed by atoms with Gasteiger partial charge in [0.25, 0.3) is 0 Å². The minimum Gasteiger partial charge on any atom is -0.329 e. The van der Waals surface area contributed by atoms with Gasteiger partial charge in [0.15, 0.2) is 0 Å². The van der Waals surface area contributed by atoms with Crippen LogP contribution in [0.1, 0.15) is 19.8 Å². The molecule has 0 rings (SSSR count). The molecule has 14 heavy (non-hydrogen) atoms. The number of nitrogens with two attached hydrogens (primary N) is 1. The van der Waals surface area contributed by atoms with E-state index in [4.69, 9.17) is 5.73 Å². The van der Waals surface area contributed by atoms with Crippen molar-refractivity contribution in [2.24, 2.45) is 5.73 Å². The zero-order chi connectivity index (χ0) is 11.0. The second-order valence-electron chi connectivity index (χ2n) is 3.15. The number of nitrogens with one attached hydrogen (secondary N) is 1.